The Bertz CT molecular complexity index is 988. The van der Waals surface area contributed by atoms with E-state index >= 15 is 0 Å². The summed E-state index contributed by atoms with van der Waals surface area (Å²) in [5.74, 6) is 0.220. The standard InChI is InChI=1S/C21H24Br2N2O4S/c22-17-9-6-10-18(23)16(17)13-14-19(15-7-2-1-3-8-15)24-30(28,29)21-12-5-4-11-20(21)25(26)27/h4-6,9-12,15,19,24H,1-3,7-8,13-14H2. The minimum absolute atomic E-state index is 0.220. The second kappa shape index (κ2) is 10.3. The molecular weight excluding hydrogens is 536 g/mol. The van der Waals surface area contributed by atoms with Gasteiger partial charge in [-0.2, -0.15) is 0 Å². The van der Waals surface area contributed by atoms with Crippen LogP contribution in [0, 0.1) is 16.0 Å². The Kier molecular flexibility index (Phi) is 8.06. The van der Waals surface area contributed by atoms with Gasteiger partial charge in [-0.05, 0) is 55.4 Å². The van der Waals surface area contributed by atoms with Crippen molar-refractivity contribution in [3.05, 3.63) is 67.1 Å². The Morgan fingerprint density at radius 1 is 1.03 bits per heavy atom. The first-order valence-electron chi connectivity index (χ1n) is 9.98. The predicted octanol–water partition coefficient (Wildman–Crippen LogP) is 5.98. The van der Waals surface area contributed by atoms with E-state index in [-0.39, 0.29) is 16.9 Å². The van der Waals surface area contributed by atoms with Gasteiger partial charge >= 0.3 is 0 Å². The molecule has 0 amide bonds. The fourth-order valence-electron chi connectivity index (χ4n) is 4.10. The van der Waals surface area contributed by atoms with E-state index in [4.69, 9.17) is 0 Å². The molecule has 1 atom stereocenters. The third-order valence-electron chi connectivity index (χ3n) is 5.64. The number of para-hydroxylation sites is 1. The molecule has 2 aromatic carbocycles. The molecule has 1 saturated carbocycles. The smallest absolute Gasteiger partial charge is 0.258 e. The first-order chi connectivity index (χ1) is 14.3. The molecule has 2 aromatic rings. The minimum Gasteiger partial charge on any atom is -0.258 e. The minimum atomic E-state index is -4.02. The Balaban J connectivity index is 1.86. The van der Waals surface area contributed by atoms with Crippen molar-refractivity contribution in [1.82, 2.24) is 4.72 Å². The number of hydrogen-bond acceptors (Lipinski definition) is 4. The Morgan fingerprint density at radius 3 is 2.30 bits per heavy atom. The summed E-state index contributed by atoms with van der Waals surface area (Å²) < 4.78 is 31.0. The van der Waals surface area contributed by atoms with Crippen molar-refractivity contribution >= 4 is 47.6 Å². The van der Waals surface area contributed by atoms with Crippen molar-refractivity contribution in [1.29, 1.82) is 0 Å². The van der Waals surface area contributed by atoms with Crippen LogP contribution in [-0.4, -0.2) is 19.4 Å². The van der Waals surface area contributed by atoms with Crippen LogP contribution in [0.5, 0.6) is 0 Å². The molecule has 6 nitrogen and oxygen atoms in total. The average Bonchev–Trinajstić information content (AvgIpc) is 2.73. The third-order valence-corrected chi connectivity index (χ3v) is 8.67. The highest BCUT2D eigenvalue weighted by Gasteiger charge is 2.32. The lowest BCUT2D eigenvalue weighted by Gasteiger charge is -2.31. The maximum absolute atomic E-state index is 13.1. The van der Waals surface area contributed by atoms with Crippen molar-refractivity contribution < 1.29 is 13.3 Å². The SMILES string of the molecule is O=[N+]([O-])c1ccccc1S(=O)(=O)NC(CCc1c(Br)cccc1Br)C1CCCCC1. The van der Waals surface area contributed by atoms with Crippen molar-refractivity contribution in [2.45, 2.75) is 55.9 Å². The summed E-state index contributed by atoms with van der Waals surface area (Å²) in [4.78, 5) is 10.4. The molecule has 30 heavy (non-hydrogen) atoms. The van der Waals surface area contributed by atoms with Gasteiger partial charge in [-0.1, -0.05) is 69.3 Å². The predicted molar refractivity (Wildman–Crippen MR) is 124 cm³/mol. The molecule has 1 N–H and O–H groups in total. The number of nitro groups is 1. The number of nitro benzene ring substituents is 1. The zero-order chi connectivity index (χ0) is 21.7. The molecule has 3 rings (SSSR count). The lowest BCUT2D eigenvalue weighted by Crippen LogP contribution is -2.41. The van der Waals surface area contributed by atoms with Crippen LogP contribution >= 0.6 is 31.9 Å². The molecule has 0 aromatic heterocycles. The van der Waals surface area contributed by atoms with Crippen LogP contribution < -0.4 is 4.72 Å². The highest BCUT2D eigenvalue weighted by molar-refractivity contribution is 9.11. The summed E-state index contributed by atoms with van der Waals surface area (Å²) in [7, 11) is -4.02. The van der Waals surface area contributed by atoms with Crippen LogP contribution in [0.4, 0.5) is 5.69 Å². The summed E-state index contributed by atoms with van der Waals surface area (Å²) >= 11 is 7.15. The van der Waals surface area contributed by atoms with Gasteiger partial charge in [0.1, 0.15) is 0 Å². The second-order valence-electron chi connectivity index (χ2n) is 7.59. The molecule has 1 unspecified atom stereocenters. The van der Waals surface area contributed by atoms with E-state index in [0.717, 1.165) is 46.6 Å². The van der Waals surface area contributed by atoms with E-state index in [1.165, 1.54) is 24.3 Å². The fraction of sp³-hybridized carbons (Fsp3) is 0.429. The second-order valence-corrected chi connectivity index (χ2v) is 11.0. The number of nitrogens with zero attached hydrogens (tertiary/aromatic N) is 1. The molecule has 0 bridgehead atoms. The number of halogens is 2. The van der Waals surface area contributed by atoms with E-state index in [0.29, 0.717) is 12.8 Å². The maximum atomic E-state index is 13.1. The lowest BCUT2D eigenvalue weighted by atomic mass is 9.82. The number of hydrogen-bond donors (Lipinski definition) is 1. The first-order valence-corrected chi connectivity index (χ1v) is 13.0. The monoisotopic (exact) mass is 558 g/mol. The number of benzene rings is 2. The molecule has 0 spiro atoms. The zero-order valence-corrected chi connectivity index (χ0v) is 20.4. The summed E-state index contributed by atoms with van der Waals surface area (Å²) in [6.07, 6.45) is 6.53. The Labute approximate surface area is 193 Å². The lowest BCUT2D eigenvalue weighted by molar-refractivity contribution is -0.387. The van der Waals surface area contributed by atoms with Gasteiger partial charge in [0.2, 0.25) is 10.0 Å². The van der Waals surface area contributed by atoms with Crippen LogP contribution in [0.25, 0.3) is 0 Å². The summed E-state index contributed by atoms with van der Waals surface area (Å²) in [5.41, 5.74) is 0.684. The highest BCUT2D eigenvalue weighted by Crippen LogP contribution is 2.33. The van der Waals surface area contributed by atoms with E-state index in [1.807, 2.05) is 18.2 Å². The normalized spacial score (nSPS) is 16.3. The molecule has 1 aliphatic rings. The van der Waals surface area contributed by atoms with E-state index in [9.17, 15) is 18.5 Å². The van der Waals surface area contributed by atoms with Crippen LogP contribution in [-0.2, 0) is 16.4 Å². The van der Waals surface area contributed by atoms with Crippen LogP contribution in [0.3, 0.4) is 0 Å². The number of sulfonamides is 1. The zero-order valence-electron chi connectivity index (χ0n) is 16.4. The molecule has 162 valence electrons. The van der Waals surface area contributed by atoms with Crippen molar-refractivity contribution in [3.63, 3.8) is 0 Å². The van der Waals surface area contributed by atoms with Crippen molar-refractivity contribution in [3.8, 4) is 0 Å². The topological polar surface area (TPSA) is 89.3 Å². The van der Waals surface area contributed by atoms with Gasteiger partial charge < -0.3 is 0 Å². The summed E-state index contributed by atoms with van der Waals surface area (Å²) in [5, 5.41) is 11.3. The van der Waals surface area contributed by atoms with Crippen LogP contribution in [0.1, 0.15) is 44.1 Å². The van der Waals surface area contributed by atoms with E-state index in [2.05, 4.69) is 36.6 Å². The number of rotatable bonds is 8. The van der Waals surface area contributed by atoms with Crippen molar-refractivity contribution in [2.24, 2.45) is 5.92 Å². The largest absolute Gasteiger partial charge is 0.289 e. The molecular formula is C21H24Br2N2O4S. The molecule has 9 heteroatoms. The molecule has 0 saturated heterocycles. The fourth-order valence-corrected chi connectivity index (χ4v) is 7.00. The van der Waals surface area contributed by atoms with E-state index < -0.39 is 20.6 Å². The molecule has 0 heterocycles. The van der Waals surface area contributed by atoms with Crippen LogP contribution in [0.15, 0.2) is 56.3 Å². The van der Waals surface area contributed by atoms with Crippen LogP contribution in [0.2, 0.25) is 0 Å². The quantitative estimate of drug-likeness (QED) is 0.318. The average molecular weight is 560 g/mol. The van der Waals surface area contributed by atoms with Gasteiger partial charge in [-0.15, -0.1) is 0 Å². The number of nitrogens with one attached hydrogen (secondary N) is 1. The maximum Gasteiger partial charge on any atom is 0.289 e. The summed E-state index contributed by atoms with van der Waals surface area (Å²) in [6.45, 7) is 0. The van der Waals surface area contributed by atoms with Gasteiger partial charge in [0.05, 0.1) is 4.92 Å². The van der Waals surface area contributed by atoms with Gasteiger partial charge in [-0.3, -0.25) is 10.1 Å². The van der Waals surface area contributed by atoms with Gasteiger partial charge in [-0.25, -0.2) is 13.1 Å². The molecule has 0 aliphatic heterocycles. The summed E-state index contributed by atoms with van der Waals surface area (Å²) in [6, 6.07) is 11.1. The highest BCUT2D eigenvalue weighted by atomic mass is 79.9. The molecule has 1 aliphatic carbocycles. The van der Waals surface area contributed by atoms with E-state index in [1.54, 1.807) is 0 Å². The first kappa shape index (κ1) is 23.4. The molecule has 1 fully saturated rings. The van der Waals surface area contributed by atoms with Gasteiger partial charge in [0, 0.05) is 21.1 Å². The Hall–Kier alpha value is -1.29. The van der Waals surface area contributed by atoms with Gasteiger partial charge in [0.25, 0.3) is 5.69 Å². The Morgan fingerprint density at radius 2 is 1.67 bits per heavy atom. The van der Waals surface area contributed by atoms with Crippen molar-refractivity contribution in [2.75, 3.05) is 0 Å². The van der Waals surface area contributed by atoms with Gasteiger partial charge in [0.15, 0.2) is 4.90 Å². The molecule has 0 radical (unpaired) electrons. The third kappa shape index (κ3) is 5.69.